The lowest BCUT2D eigenvalue weighted by atomic mass is 10.3. The number of amides is 1. The van der Waals surface area contributed by atoms with E-state index in [2.05, 4.69) is 15.5 Å². The number of aromatic amines is 1. The molecule has 1 amide bonds. The van der Waals surface area contributed by atoms with Gasteiger partial charge in [-0.25, -0.2) is 9.89 Å². The molecule has 0 spiro atoms. The maximum Gasteiger partial charge on any atom is 0.343 e. The standard InChI is InChI=1S/C14H17ClN4O2S/c1-3-8-19-13(21)17-18-14(19)22-9(2)12(20)16-11-6-4-10(15)5-7-11/h4-7,9H,3,8H2,1-2H3,(H,16,20)(H,17,21)/t9-/m0/s1. The van der Waals surface area contributed by atoms with E-state index in [0.29, 0.717) is 22.4 Å². The van der Waals surface area contributed by atoms with Crippen molar-refractivity contribution in [3.05, 3.63) is 39.8 Å². The van der Waals surface area contributed by atoms with E-state index in [9.17, 15) is 9.59 Å². The van der Waals surface area contributed by atoms with Crippen molar-refractivity contribution in [3.8, 4) is 0 Å². The number of hydrogen-bond donors (Lipinski definition) is 2. The van der Waals surface area contributed by atoms with E-state index < -0.39 is 0 Å². The van der Waals surface area contributed by atoms with Gasteiger partial charge in [-0.1, -0.05) is 30.3 Å². The summed E-state index contributed by atoms with van der Waals surface area (Å²) in [6.07, 6.45) is 0.818. The summed E-state index contributed by atoms with van der Waals surface area (Å²) in [6.45, 7) is 4.32. The minimum Gasteiger partial charge on any atom is -0.325 e. The number of nitrogens with one attached hydrogen (secondary N) is 2. The number of thioether (sulfide) groups is 1. The van der Waals surface area contributed by atoms with Gasteiger partial charge in [-0.05, 0) is 37.6 Å². The van der Waals surface area contributed by atoms with Crippen LogP contribution in [0.5, 0.6) is 0 Å². The summed E-state index contributed by atoms with van der Waals surface area (Å²) in [6, 6.07) is 6.89. The molecule has 0 aliphatic heterocycles. The average molecular weight is 341 g/mol. The molecule has 0 bridgehead atoms. The molecule has 22 heavy (non-hydrogen) atoms. The third kappa shape index (κ3) is 4.14. The second-order valence-corrected chi connectivity index (χ2v) is 6.46. The second kappa shape index (κ2) is 7.51. The van der Waals surface area contributed by atoms with E-state index in [1.165, 1.54) is 16.3 Å². The molecule has 2 rings (SSSR count). The van der Waals surface area contributed by atoms with Gasteiger partial charge in [0.15, 0.2) is 5.16 Å². The lowest BCUT2D eigenvalue weighted by Crippen LogP contribution is -2.24. The van der Waals surface area contributed by atoms with Crippen LogP contribution in [0.25, 0.3) is 0 Å². The smallest absolute Gasteiger partial charge is 0.325 e. The summed E-state index contributed by atoms with van der Waals surface area (Å²) >= 11 is 7.05. The molecule has 0 aliphatic carbocycles. The zero-order valence-corrected chi connectivity index (χ0v) is 13.9. The van der Waals surface area contributed by atoms with Gasteiger partial charge in [0.2, 0.25) is 5.91 Å². The molecule has 0 fully saturated rings. The van der Waals surface area contributed by atoms with Gasteiger partial charge in [0.25, 0.3) is 0 Å². The number of nitrogens with zero attached hydrogens (tertiary/aromatic N) is 2. The normalized spacial score (nSPS) is 12.1. The highest BCUT2D eigenvalue weighted by molar-refractivity contribution is 8.00. The molecule has 0 radical (unpaired) electrons. The van der Waals surface area contributed by atoms with Gasteiger partial charge in [0, 0.05) is 17.3 Å². The summed E-state index contributed by atoms with van der Waals surface area (Å²) in [7, 11) is 0. The van der Waals surface area contributed by atoms with Crippen molar-refractivity contribution >= 4 is 35.0 Å². The summed E-state index contributed by atoms with van der Waals surface area (Å²) in [5.74, 6) is -0.161. The van der Waals surface area contributed by atoms with Gasteiger partial charge in [-0.3, -0.25) is 9.36 Å². The van der Waals surface area contributed by atoms with Crippen LogP contribution < -0.4 is 11.0 Å². The minimum absolute atomic E-state index is 0.161. The molecule has 1 heterocycles. The molecule has 118 valence electrons. The van der Waals surface area contributed by atoms with Gasteiger partial charge < -0.3 is 5.32 Å². The van der Waals surface area contributed by atoms with E-state index in [4.69, 9.17) is 11.6 Å². The Morgan fingerprint density at radius 3 is 2.77 bits per heavy atom. The second-order valence-electron chi connectivity index (χ2n) is 4.72. The molecule has 6 nitrogen and oxygen atoms in total. The Kier molecular flexibility index (Phi) is 5.68. The van der Waals surface area contributed by atoms with Crippen LogP contribution in [0.2, 0.25) is 5.02 Å². The van der Waals surface area contributed by atoms with Gasteiger partial charge in [-0.15, -0.1) is 5.10 Å². The van der Waals surface area contributed by atoms with Crippen LogP contribution in [0.3, 0.4) is 0 Å². The predicted molar refractivity (Wildman–Crippen MR) is 88.5 cm³/mol. The van der Waals surface area contributed by atoms with Gasteiger partial charge >= 0.3 is 5.69 Å². The average Bonchev–Trinajstić information content (AvgIpc) is 2.83. The maximum atomic E-state index is 12.2. The fourth-order valence-electron chi connectivity index (χ4n) is 1.80. The Balaban J connectivity index is 2.02. The molecule has 0 unspecified atom stereocenters. The van der Waals surface area contributed by atoms with E-state index in [0.717, 1.165) is 6.42 Å². The van der Waals surface area contributed by atoms with E-state index in [1.807, 2.05) is 6.92 Å². The number of benzene rings is 1. The molecular weight excluding hydrogens is 324 g/mol. The summed E-state index contributed by atoms with van der Waals surface area (Å²) < 4.78 is 1.54. The van der Waals surface area contributed by atoms with E-state index >= 15 is 0 Å². The Hall–Kier alpha value is -1.73. The maximum absolute atomic E-state index is 12.2. The fraction of sp³-hybridized carbons (Fsp3) is 0.357. The minimum atomic E-state index is -0.388. The lowest BCUT2D eigenvalue weighted by molar-refractivity contribution is -0.115. The Bertz CT molecular complexity index is 696. The monoisotopic (exact) mass is 340 g/mol. The van der Waals surface area contributed by atoms with Crippen LogP contribution >= 0.6 is 23.4 Å². The van der Waals surface area contributed by atoms with Crippen LogP contribution in [0.1, 0.15) is 20.3 Å². The molecule has 0 saturated carbocycles. The number of carbonyl (C=O) groups excluding carboxylic acids is 1. The van der Waals surface area contributed by atoms with Crippen LogP contribution in [0.15, 0.2) is 34.2 Å². The highest BCUT2D eigenvalue weighted by Crippen LogP contribution is 2.22. The number of carbonyl (C=O) groups is 1. The van der Waals surface area contributed by atoms with Crippen LogP contribution in [-0.2, 0) is 11.3 Å². The Labute approximate surface area is 137 Å². The zero-order chi connectivity index (χ0) is 16.1. The number of H-pyrrole nitrogens is 1. The molecule has 1 aromatic carbocycles. The molecule has 1 atom stereocenters. The van der Waals surface area contributed by atoms with Crippen LogP contribution in [0, 0.1) is 0 Å². The first kappa shape index (κ1) is 16.6. The highest BCUT2D eigenvalue weighted by atomic mass is 35.5. The van der Waals surface area contributed by atoms with Crippen molar-refractivity contribution in [1.29, 1.82) is 0 Å². The first-order valence-electron chi connectivity index (χ1n) is 6.89. The van der Waals surface area contributed by atoms with Crippen molar-refractivity contribution in [2.24, 2.45) is 0 Å². The molecule has 2 aromatic rings. The third-order valence-electron chi connectivity index (χ3n) is 2.93. The number of halogens is 1. The molecule has 2 N–H and O–H groups in total. The lowest BCUT2D eigenvalue weighted by Gasteiger charge is -2.12. The SMILES string of the molecule is CCCn1c(S[C@@H](C)C(=O)Nc2ccc(Cl)cc2)n[nH]c1=O. The Morgan fingerprint density at radius 1 is 1.45 bits per heavy atom. The predicted octanol–water partition coefficient (Wildman–Crippen LogP) is 2.75. The number of anilines is 1. The van der Waals surface area contributed by atoms with E-state index in [-0.39, 0.29) is 16.8 Å². The molecule has 8 heteroatoms. The van der Waals surface area contributed by atoms with Crippen LogP contribution in [-0.4, -0.2) is 25.9 Å². The Morgan fingerprint density at radius 2 is 2.14 bits per heavy atom. The first-order chi connectivity index (χ1) is 10.5. The van der Waals surface area contributed by atoms with Gasteiger partial charge in [-0.2, -0.15) is 0 Å². The number of aromatic nitrogens is 3. The summed E-state index contributed by atoms with van der Waals surface area (Å²) in [5, 5.41) is 9.93. The van der Waals surface area contributed by atoms with Crippen molar-refractivity contribution in [3.63, 3.8) is 0 Å². The topological polar surface area (TPSA) is 79.8 Å². The van der Waals surface area contributed by atoms with Gasteiger partial charge in [0.05, 0.1) is 5.25 Å². The fourth-order valence-corrected chi connectivity index (χ4v) is 2.81. The van der Waals surface area contributed by atoms with E-state index in [1.54, 1.807) is 31.2 Å². The quantitative estimate of drug-likeness (QED) is 0.792. The largest absolute Gasteiger partial charge is 0.343 e. The van der Waals surface area contributed by atoms with Crippen LogP contribution in [0.4, 0.5) is 5.69 Å². The third-order valence-corrected chi connectivity index (χ3v) is 4.28. The summed E-state index contributed by atoms with van der Waals surface area (Å²) in [5.41, 5.74) is 0.421. The highest BCUT2D eigenvalue weighted by Gasteiger charge is 2.18. The van der Waals surface area contributed by atoms with Crippen molar-refractivity contribution in [2.45, 2.75) is 37.2 Å². The van der Waals surface area contributed by atoms with Gasteiger partial charge in [0.1, 0.15) is 0 Å². The molecule has 0 aliphatic rings. The number of hydrogen-bond acceptors (Lipinski definition) is 4. The van der Waals surface area contributed by atoms with Crippen molar-refractivity contribution in [2.75, 3.05) is 5.32 Å². The first-order valence-corrected chi connectivity index (χ1v) is 8.15. The molecule has 1 aromatic heterocycles. The summed E-state index contributed by atoms with van der Waals surface area (Å²) in [4.78, 5) is 23.8. The van der Waals surface area contributed by atoms with Crippen molar-refractivity contribution < 1.29 is 4.79 Å². The zero-order valence-electron chi connectivity index (χ0n) is 12.3. The molecule has 0 saturated heterocycles. The van der Waals surface area contributed by atoms with Crippen molar-refractivity contribution in [1.82, 2.24) is 14.8 Å². The number of rotatable bonds is 6. The molecular formula is C14H17ClN4O2S.